The molecule has 9 heteroatoms. The number of nitrogens with zero attached hydrogens (tertiary/aromatic N) is 3. The Hall–Kier alpha value is -3.20. The van der Waals surface area contributed by atoms with Crippen molar-refractivity contribution in [3.8, 4) is 11.8 Å². The topological polar surface area (TPSA) is 120 Å². The molecule has 0 spiro atoms. The van der Waals surface area contributed by atoms with E-state index in [-0.39, 0.29) is 30.2 Å². The van der Waals surface area contributed by atoms with Gasteiger partial charge in [-0.2, -0.15) is 9.97 Å². The summed E-state index contributed by atoms with van der Waals surface area (Å²) in [6.07, 6.45) is 0.474. The largest absolute Gasteiger partial charge is 0.481 e. The molecule has 1 aromatic carbocycles. The van der Waals surface area contributed by atoms with Crippen molar-refractivity contribution in [2.24, 2.45) is 5.73 Å². The molecule has 142 valence electrons. The lowest BCUT2D eigenvalue weighted by atomic mass is 9.93. The first kappa shape index (κ1) is 18.6. The highest BCUT2D eigenvalue weighted by atomic mass is 16.5. The van der Waals surface area contributed by atoms with E-state index >= 15 is 0 Å². The van der Waals surface area contributed by atoms with Crippen LogP contribution in [-0.4, -0.2) is 53.5 Å². The summed E-state index contributed by atoms with van der Waals surface area (Å²) in [5, 5.41) is 2.61. The van der Waals surface area contributed by atoms with Gasteiger partial charge in [0, 0.05) is 6.54 Å². The van der Waals surface area contributed by atoms with Crippen LogP contribution in [0, 0.1) is 0 Å². The van der Waals surface area contributed by atoms with Crippen molar-refractivity contribution >= 4 is 17.8 Å². The van der Waals surface area contributed by atoms with Gasteiger partial charge in [-0.3, -0.25) is 19.8 Å². The Morgan fingerprint density at radius 1 is 1.19 bits per heavy atom. The number of nitrogens with one attached hydrogen (secondary N) is 1. The van der Waals surface area contributed by atoms with Crippen molar-refractivity contribution in [3.05, 3.63) is 41.5 Å². The summed E-state index contributed by atoms with van der Waals surface area (Å²) in [7, 11) is 2.91. The van der Waals surface area contributed by atoms with Gasteiger partial charge in [0.15, 0.2) is 0 Å². The van der Waals surface area contributed by atoms with E-state index < -0.39 is 11.9 Å². The predicted octanol–water partition coefficient (Wildman–Crippen LogP) is 0.345. The molecule has 9 nitrogen and oxygen atoms in total. The van der Waals surface area contributed by atoms with Crippen LogP contribution < -0.4 is 20.5 Å². The summed E-state index contributed by atoms with van der Waals surface area (Å²) < 4.78 is 10.1. The second kappa shape index (κ2) is 8.00. The maximum atomic E-state index is 12.5. The van der Waals surface area contributed by atoms with Crippen molar-refractivity contribution < 1.29 is 19.1 Å². The molecule has 27 heavy (non-hydrogen) atoms. The minimum atomic E-state index is -0.550. The van der Waals surface area contributed by atoms with Gasteiger partial charge >= 0.3 is 0 Å². The van der Waals surface area contributed by atoms with Crippen molar-refractivity contribution in [3.63, 3.8) is 0 Å². The number of fused-ring (bicyclic) bond motifs is 1. The van der Waals surface area contributed by atoms with E-state index in [1.54, 1.807) is 4.90 Å². The van der Waals surface area contributed by atoms with Crippen molar-refractivity contribution in [1.82, 2.24) is 14.9 Å². The van der Waals surface area contributed by atoms with Crippen LogP contribution in [0.2, 0.25) is 0 Å². The third-order valence-corrected chi connectivity index (χ3v) is 4.37. The van der Waals surface area contributed by atoms with Gasteiger partial charge in [-0.25, -0.2) is 0 Å². The predicted molar refractivity (Wildman–Crippen MR) is 97.3 cm³/mol. The van der Waals surface area contributed by atoms with E-state index in [1.165, 1.54) is 20.3 Å². The van der Waals surface area contributed by atoms with Gasteiger partial charge in [0.2, 0.25) is 29.5 Å². The summed E-state index contributed by atoms with van der Waals surface area (Å²) >= 11 is 0. The molecule has 1 unspecified atom stereocenters. The molecule has 1 aromatic heterocycles. The van der Waals surface area contributed by atoms with Crippen LogP contribution in [0.25, 0.3) is 0 Å². The zero-order valence-corrected chi connectivity index (χ0v) is 15.1. The minimum Gasteiger partial charge on any atom is -0.481 e. The average molecular weight is 371 g/mol. The van der Waals surface area contributed by atoms with E-state index in [1.807, 2.05) is 24.3 Å². The number of rotatable bonds is 6. The van der Waals surface area contributed by atoms with Gasteiger partial charge < -0.3 is 15.2 Å². The third-order valence-electron chi connectivity index (χ3n) is 4.37. The molecule has 0 aliphatic carbocycles. The van der Waals surface area contributed by atoms with Crippen molar-refractivity contribution in [2.75, 3.05) is 26.1 Å². The number of hydrogen-bond donors (Lipinski definition) is 2. The fraction of sp³-hybridized carbons (Fsp3) is 0.333. The Morgan fingerprint density at radius 3 is 2.41 bits per heavy atom. The number of anilines is 1. The van der Waals surface area contributed by atoms with Crippen LogP contribution in [0.5, 0.6) is 11.8 Å². The van der Waals surface area contributed by atoms with Crippen LogP contribution in [0.15, 0.2) is 30.3 Å². The molecule has 2 heterocycles. The number of aromatic nitrogens is 2. The normalized spacial score (nSPS) is 16.3. The average Bonchev–Trinajstić information content (AvgIpc) is 2.66. The molecule has 2 amide bonds. The number of carbonyl (C=O) groups is 2. The molecule has 0 fully saturated rings. The number of nitrogens with two attached hydrogens (primary N) is 1. The molecule has 0 saturated carbocycles. The molecular formula is C18H21N5O4. The Morgan fingerprint density at radius 2 is 1.81 bits per heavy atom. The molecular weight excluding hydrogens is 350 g/mol. The second-order valence-electron chi connectivity index (χ2n) is 6.12. The molecule has 3 N–H and O–H groups in total. The number of benzene rings is 1. The minimum absolute atomic E-state index is 0.0230. The standard InChI is InChI=1S/C18H21N5O4/c1-26-15-8-16(27-2)22-18(21-15)20-14(24)10-23-9-12-6-4-3-5-11(12)7-13(23)17(19)25/h3-6,8,13H,7,9-10H2,1-2H3,(H2,19,25)(H,20,21,22,24). The smallest absolute Gasteiger partial charge is 0.240 e. The Labute approximate surface area is 156 Å². The molecule has 2 aromatic rings. The number of hydrogen-bond acceptors (Lipinski definition) is 7. The lowest BCUT2D eigenvalue weighted by molar-refractivity contribution is -0.125. The Balaban J connectivity index is 1.74. The SMILES string of the molecule is COc1cc(OC)nc(NC(=O)CN2Cc3ccccc3CC2C(N)=O)n1. The van der Waals surface area contributed by atoms with Gasteiger partial charge in [-0.15, -0.1) is 0 Å². The fourth-order valence-electron chi connectivity index (χ4n) is 3.04. The lowest BCUT2D eigenvalue weighted by Crippen LogP contribution is -2.51. The zero-order valence-electron chi connectivity index (χ0n) is 15.1. The number of methoxy groups -OCH3 is 2. The Bertz CT molecular complexity index is 835. The van der Waals surface area contributed by atoms with Gasteiger partial charge in [-0.1, -0.05) is 24.3 Å². The summed E-state index contributed by atoms with van der Waals surface area (Å²) in [4.78, 5) is 34.2. The van der Waals surface area contributed by atoms with E-state index in [2.05, 4.69) is 15.3 Å². The first-order chi connectivity index (χ1) is 13.0. The maximum Gasteiger partial charge on any atom is 0.240 e. The van der Waals surface area contributed by atoms with Crippen LogP contribution in [0.1, 0.15) is 11.1 Å². The van der Waals surface area contributed by atoms with Gasteiger partial charge in [-0.05, 0) is 17.5 Å². The van der Waals surface area contributed by atoms with Gasteiger partial charge in [0.25, 0.3) is 0 Å². The van der Waals surface area contributed by atoms with Gasteiger partial charge in [0.05, 0.1) is 32.9 Å². The van der Waals surface area contributed by atoms with Crippen LogP contribution in [-0.2, 0) is 22.6 Å². The molecule has 1 atom stereocenters. The zero-order chi connectivity index (χ0) is 19.4. The molecule has 0 radical (unpaired) electrons. The molecule has 0 bridgehead atoms. The summed E-state index contributed by atoms with van der Waals surface area (Å²) in [5.41, 5.74) is 7.69. The number of amides is 2. The monoisotopic (exact) mass is 371 g/mol. The van der Waals surface area contributed by atoms with Gasteiger partial charge in [0.1, 0.15) is 0 Å². The quantitative estimate of drug-likeness (QED) is 0.751. The maximum absolute atomic E-state index is 12.5. The molecule has 1 aliphatic heterocycles. The highest BCUT2D eigenvalue weighted by Crippen LogP contribution is 2.23. The Kier molecular flexibility index (Phi) is 5.51. The van der Waals surface area contributed by atoms with E-state index in [0.717, 1.165) is 11.1 Å². The lowest BCUT2D eigenvalue weighted by Gasteiger charge is -2.34. The number of ether oxygens (including phenoxy) is 2. The van der Waals surface area contributed by atoms with Crippen molar-refractivity contribution in [2.45, 2.75) is 19.0 Å². The van der Waals surface area contributed by atoms with E-state index in [4.69, 9.17) is 15.2 Å². The van der Waals surface area contributed by atoms with Crippen molar-refractivity contribution in [1.29, 1.82) is 0 Å². The third kappa shape index (κ3) is 4.32. The van der Waals surface area contributed by atoms with E-state index in [9.17, 15) is 9.59 Å². The summed E-state index contributed by atoms with van der Waals surface area (Å²) in [6.45, 7) is 0.435. The van der Waals surface area contributed by atoms with Crippen LogP contribution >= 0.6 is 0 Å². The molecule has 1 aliphatic rings. The summed E-state index contributed by atoms with van der Waals surface area (Å²) in [5.74, 6) is -0.241. The first-order valence-corrected chi connectivity index (χ1v) is 8.37. The molecule has 3 rings (SSSR count). The van der Waals surface area contributed by atoms with Crippen LogP contribution in [0.3, 0.4) is 0 Å². The van der Waals surface area contributed by atoms with Crippen LogP contribution in [0.4, 0.5) is 5.95 Å². The first-order valence-electron chi connectivity index (χ1n) is 8.37. The summed E-state index contributed by atoms with van der Waals surface area (Å²) in [6, 6.07) is 8.75. The number of carbonyl (C=O) groups excluding carboxylic acids is 2. The highest BCUT2D eigenvalue weighted by molar-refractivity contribution is 5.91. The highest BCUT2D eigenvalue weighted by Gasteiger charge is 2.31. The second-order valence-corrected chi connectivity index (χ2v) is 6.12. The molecule has 0 saturated heterocycles. The fourth-order valence-corrected chi connectivity index (χ4v) is 3.04. The number of primary amides is 1. The van der Waals surface area contributed by atoms with E-state index in [0.29, 0.717) is 13.0 Å².